The fourth-order valence-corrected chi connectivity index (χ4v) is 1.77. The first kappa shape index (κ1) is 11.5. The van der Waals surface area contributed by atoms with Crippen LogP contribution in [0.15, 0.2) is 0 Å². The van der Waals surface area contributed by atoms with Crippen molar-refractivity contribution >= 4 is 5.97 Å². The summed E-state index contributed by atoms with van der Waals surface area (Å²) < 4.78 is 0. The summed E-state index contributed by atoms with van der Waals surface area (Å²) in [6.45, 7) is 5.97. The van der Waals surface area contributed by atoms with Crippen LogP contribution in [0.3, 0.4) is 0 Å². The molecule has 1 N–H and O–H groups in total. The molecule has 0 aromatic carbocycles. The zero-order chi connectivity index (χ0) is 9.61. The first-order valence-electron chi connectivity index (χ1n) is 4.95. The molecule has 2 heteroatoms. The van der Waals surface area contributed by atoms with Gasteiger partial charge in [0, 0.05) is 0 Å². The van der Waals surface area contributed by atoms with Crippen molar-refractivity contribution in [1.29, 1.82) is 0 Å². The summed E-state index contributed by atoms with van der Waals surface area (Å²) >= 11 is 0. The van der Waals surface area contributed by atoms with Crippen molar-refractivity contribution in [1.82, 2.24) is 0 Å². The molecule has 0 radical (unpaired) electrons. The number of hydrogen-bond acceptors (Lipinski definition) is 1. The Morgan fingerprint density at radius 2 is 1.75 bits per heavy atom. The van der Waals surface area contributed by atoms with E-state index in [1.807, 2.05) is 20.8 Å². The molecule has 0 spiro atoms. The van der Waals surface area contributed by atoms with Gasteiger partial charge in [-0.3, -0.25) is 4.79 Å². The second-order valence-corrected chi connectivity index (χ2v) is 3.15. The first-order chi connectivity index (χ1) is 5.71. The fraction of sp³-hybridized carbons (Fsp3) is 0.900. The van der Waals surface area contributed by atoms with Crippen LogP contribution in [-0.2, 0) is 4.79 Å². The molecule has 1 aliphatic rings. The Balaban J connectivity index is 0.000000561. The molecule has 0 aliphatic heterocycles. The fourth-order valence-electron chi connectivity index (χ4n) is 1.77. The number of aliphatic carboxylic acids is 1. The second-order valence-electron chi connectivity index (χ2n) is 3.15. The minimum absolute atomic E-state index is 0.347. The highest BCUT2D eigenvalue weighted by Crippen LogP contribution is 2.40. The van der Waals surface area contributed by atoms with Crippen LogP contribution in [0.1, 0.15) is 52.9 Å². The lowest BCUT2D eigenvalue weighted by Crippen LogP contribution is -2.26. The van der Waals surface area contributed by atoms with E-state index in [0.29, 0.717) is 0 Å². The molecule has 0 aromatic rings. The molecule has 0 unspecified atom stereocenters. The van der Waals surface area contributed by atoms with Crippen LogP contribution in [0, 0.1) is 5.41 Å². The molecule has 0 atom stereocenters. The number of hydrogen-bond donors (Lipinski definition) is 1. The van der Waals surface area contributed by atoms with E-state index in [1.54, 1.807) is 0 Å². The van der Waals surface area contributed by atoms with E-state index >= 15 is 0 Å². The van der Waals surface area contributed by atoms with Crippen molar-refractivity contribution in [2.75, 3.05) is 0 Å². The molecule has 0 aromatic heterocycles. The Bertz CT molecular complexity index is 135. The van der Waals surface area contributed by atoms with Gasteiger partial charge in [-0.15, -0.1) is 0 Å². The van der Waals surface area contributed by atoms with Gasteiger partial charge in [-0.25, -0.2) is 0 Å². The van der Waals surface area contributed by atoms with Crippen molar-refractivity contribution < 1.29 is 9.90 Å². The van der Waals surface area contributed by atoms with Crippen LogP contribution >= 0.6 is 0 Å². The number of carbonyl (C=O) groups is 1. The quantitative estimate of drug-likeness (QED) is 0.695. The molecular weight excluding hydrogens is 152 g/mol. The Hall–Kier alpha value is -0.530. The molecule has 1 fully saturated rings. The van der Waals surface area contributed by atoms with Crippen LogP contribution in [0.2, 0.25) is 0 Å². The van der Waals surface area contributed by atoms with Gasteiger partial charge in [0.15, 0.2) is 0 Å². The highest BCUT2D eigenvalue weighted by atomic mass is 16.4. The van der Waals surface area contributed by atoms with E-state index in [9.17, 15) is 4.79 Å². The molecule has 12 heavy (non-hydrogen) atoms. The molecule has 0 heterocycles. The predicted octanol–water partition coefficient (Wildman–Crippen LogP) is 3.07. The first-order valence-corrected chi connectivity index (χ1v) is 4.95. The van der Waals surface area contributed by atoms with Gasteiger partial charge in [-0.05, 0) is 19.3 Å². The molecule has 1 saturated carbocycles. The average molecular weight is 172 g/mol. The Labute approximate surface area is 75.0 Å². The summed E-state index contributed by atoms with van der Waals surface area (Å²) in [6.07, 6.45) is 4.76. The maximum absolute atomic E-state index is 10.8. The lowest BCUT2D eigenvalue weighted by Gasteiger charge is -2.20. The molecule has 2 nitrogen and oxygen atoms in total. The zero-order valence-electron chi connectivity index (χ0n) is 8.39. The maximum atomic E-state index is 10.8. The summed E-state index contributed by atoms with van der Waals surface area (Å²) in [7, 11) is 0. The van der Waals surface area contributed by atoms with Crippen LogP contribution in [0.25, 0.3) is 0 Å². The van der Waals surface area contributed by atoms with Gasteiger partial charge >= 0.3 is 5.97 Å². The van der Waals surface area contributed by atoms with Crippen LogP contribution in [-0.4, -0.2) is 11.1 Å². The van der Waals surface area contributed by atoms with Crippen LogP contribution in [0.5, 0.6) is 0 Å². The third kappa shape index (κ3) is 2.23. The van der Waals surface area contributed by atoms with Gasteiger partial charge in [0.05, 0.1) is 5.41 Å². The topological polar surface area (TPSA) is 37.3 Å². The van der Waals surface area contributed by atoms with Gasteiger partial charge < -0.3 is 5.11 Å². The highest BCUT2D eigenvalue weighted by Gasteiger charge is 2.39. The normalized spacial score (nSPS) is 19.6. The average Bonchev–Trinajstić information content (AvgIpc) is 2.57. The maximum Gasteiger partial charge on any atom is 0.309 e. The standard InChI is InChI=1S/C8H14O2.C2H6/c1-2-8(7(9)10)5-3-4-6-8;1-2/h2-6H2,1H3,(H,9,10);1-2H3. The van der Waals surface area contributed by atoms with Gasteiger partial charge in [0.1, 0.15) is 0 Å². The monoisotopic (exact) mass is 172 g/mol. The van der Waals surface area contributed by atoms with Crippen molar-refractivity contribution in [2.45, 2.75) is 52.9 Å². The van der Waals surface area contributed by atoms with Crippen molar-refractivity contribution in [2.24, 2.45) is 5.41 Å². The van der Waals surface area contributed by atoms with E-state index in [0.717, 1.165) is 32.1 Å². The van der Waals surface area contributed by atoms with Crippen molar-refractivity contribution in [3.63, 3.8) is 0 Å². The number of carboxylic acids is 1. The lowest BCUT2D eigenvalue weighted by atomic mass is 9.84. The van der Waals surface area contributed by atoms with Gasteiger partial charge in [0.25, 0.3) is 0 Å². The van der Waals surface area contributed by atoms with Crippen LogP contribution < -0.4 is 0 Å². The minimum Gasteiger partial charge on any atom is -0.481 e. The SMILES string of the molecule is CC.CCC1(C(=O)O)CCCC1. The second kappa shape index (κ2) is 5.18. The molecular formula is C10H20O2. The van der Waals surface area contributed by atoms with Crippen LogP contribution in [0.4, 0.5) is 0 Å². The summed E-state index contributed by atoms with van der Waals surface area (Å²) in [4.78, 5) is 10.8. The Kier molecular flexibility index (Phi) is 4.95. The van der Waals surface area contributed by atoms with E-state index in [4.69, 9.17) is 5.11 Å². The third-order valence-corrected chi connectivity index (χ3v) is 2.69. The van der Waals surface area contributed by atoms with E-state index in [1.165, 1.54) is 0 Å². The minimum atomic E-state index is -0.590. The predicted molar refractivity (Wildman–Crippen MR) is 50.2 cm³/mol. The van der Waals surface area contributed by atoms with Crippen molar-refractivity contribution in [3.8, 4) is 0 Å². The largest absolute Gasteiger partial charge is 0.481 e. The zero-order valence-corrected chi connectivity index (χ0v) is 8.39. The highest BCUT2D eigenvalue weighted by molar-refractivity contribution is 5.74. The number of rotatable bonds is 2. The van der Waals surface area contributed by atoms with Crippen molar-refractivity contribution in [3.05, 3.63) is 0 Å². The molecule has 0 amide bonds. The summed E-state index contributed by atoms with van der Waals surface area (Å²) in [6, 6.07) is 0. The molecule has 0 saturated heterocycles. The lowest BCUT2D eigenvalue weighted by molar-refractivity contribution is -0.148. The van der Waals surface area contributed by atoms with Gasteiger partial charge in [-0.2, -0.15) is 0 Å². The third-order valence-electron chi connectivity index (χ3n) is 2.69. The van der Waals surface area contributed by atoms with Gasteiger partial charge in [0.2, 0.25) is 0 Å². The van der Waals surface area contributed by atoms with E-state index in [2.05, 4.69) is 0 Å². The summed E-state index contributed by atoms with van der Waals surface area (Å²) in [5, 5.41) is 8.86. The Morgan fingerprint density at radius 1 is 1.33 bits per heavy atom. The Morgan fingerprint density at radius 3 is 1.92 bits per heavy atom. The molecule has 1 rings (SSSR count). The van der Waals surface area contributed by atoms with E-state index < -0.39 is 5.97 Å². The van der Waals surface area contributed by atoms with Gasteiger partial charge in [-0.1, -0.05) is 33.6 Å². The number of carboxylic acid groups (broad SMARTS) is 1. The summed E-state index contributed by atoms with van der Waals surface area (Å²) in [5.74, 6) is -0.590. The smallest absolute Gasteiger partial charge is 0.309 e. The molecule has 0 bridgehead atoms. The van der Waals surface area contributed by atoms with E-state index in [-0.39, 0.29) is 5.41 Å². The molecule has 1 aliphatic carbocycles. The summed E-state index contributed by atoms with van der Waals surface area (Å²) in [5.41, 5.74) is -0.347. The molecule has 72 valence electrons.